The van der Waals surface area contributed by atoms with Crippen molar-refractivity contribution in [1.29, 1.82) is 0 Å². The maximum absolute atomic E-state index is 5.44. The molecule has 0 fully saturated rings. The quantitative estimate of drug-likeness (QED) is 0.189. The van der Waals surface area contributed by atoms with E-state index in [0.29, 0.717) is 5.95 Å². The molecule has 0 atom stereocenters. The van der Waals surface area contributed by atoms with E-state index in [9.17, 15) is 0 Å². The van der Waals surface area contributed by atoms with Crippen LogP contribution in [-0.4, -0.2) is 18.9 Å². The molecule has 0 aliphatic heterocycles. The minimum atomic E-state index is 0.665. The number of hydrogen-bond acceptors (Lipinski definition) is 2. The minimum Gasteiger partial charge on any atom is -0.308 e. The molecule has 0 radical (unpaired) electrons. The molecule has 0 saturated heterocycles. The van der Waals surface area contributed by atoms with Crippen molar-refractivity contribution in [3.8, 4) is 28.3 Å². The van der Waals surface area contributed by atoms with Gasteiger partial charge in [-0.3, -0.25) is 4.57 Å². The second kappa shape index (κ2) is 10.3. The first kappa shape index (κ1) is 27.7. The molecule has 0 spiro atoms. The van der Waals surface area contributed by atoms with Crippen molar-refractivity contribution in [3.05, 3.63) is 170 Å². The molecule has 4 aromatic heterocycles. The molecule has 8 aromatic carbocycles. The van der Waals surface area contributed by atoms with Gasteiger partial charge in [0.15, 0.2) is 0 Å². The second-order valence-electron chi connectivity index (χ2n) is 13.8. The van der Waals surface area contributed by atoms with Gasteiger partial charge in [0.2, 0.25) is 5.95 Å². The Hall–Kier alpha value is -7.04. The second-order valence-corrected chi connectivity index (χ2v) is 13.8. The maximum Gasteiger partial charge on any atom is 0.235 e. The van der Waals surface area contributed by atoms with Crippen molar-refractivity contribution in [2.45, 2.75) is 0 Å². The van der Waals surface area contributed by atoms with E-state index in [1.54, 1.807) is 0 Å². The van der Waals surface area contributed by atoms with Crippen LogP contribution >= 0.6 is 0 Å². The van der Waals surface area contributed by atoms with Crippen LogP contribution in [-0.2, 0) is 0 Å². The first-order valence-electron chi connectivity index (χ1n) is 17.8. The molecule has 0 saturated carbocycles. The van der Waals surface area contributed by atoms with E-state index >= 15 is 0 Å². The van der Waals surface area contributed by atoms with E-state index in [1.807, 2.05) is 0 Å². The zero-order valence-electron chi connectivity index (χ0n) is 28.0. The molecule has 0 bridgehead atoms. The summed E-state index contributed by atoms with van der Waals surface area (Å²) in [5.41, 5.74) is 11.2. The molecule has 4 heterocycles. The molecule has 0 aliphatic carbocycles. The highest BCUT2D eigenvalue weighted by Gasteiger charge is 2.26. The number of benzene rings is 8. The van der Waals surface area contributed by atoms with Gasteiger partial charge in [0.05, 0.1) is 38.8 Å². The Morgan fingerprint density at radius 2 is 1.02 bits per heavy atom. The van der Waals surface area contributed by atoms with Crippen LogP contribution in [0.1, 0.15) is 0 Å². The largest absolute Gasteiger partial charge is 0.308 e. The summed E-state index contributed by atoms with van der Waals surface area (Å²) >= 11 is 0. The zero-order chi connectivity index (χ0) is 33.9. The molecule has 12 rings (SSSR count). The topological polar surface area (TPSA) is 35.1 Å². The van der Waals surface area contributed by atoms with Crippen molar-refractivity contribution < 1.29 is 0 Å². The average Bonchev–Trinajstić information content (AvgIpc) is 3.85. The van der Waals surface area contributed by atoms with Crippen molar-refractivity contribution in [2.75, 3.05) is 0 Å². The van der Waals surface area contributed by atoms with E-state index < -0.39 is 0 Å². The van der Waals surface area contributed by atoms with Gasteiger partial charge >= 0.3 is 0 Å². The molecule has 0 N–H and O–H groups in total. The monoisotopic (exact) mass is 660 g/mol. The third-order valence-electron chi connectivity index (χ3n) is 11.0. The van der Waals surface area contributed by atoms with Crippen molar-refractivity contribution in [2.24, 2.45) is 0 Å². The Kier molecular flexibility index (Phi) is 5.47. The molecule has 0 unspecified atom stereocenters. The first-order valence-corrected chi connectivity index (χ1v) is 17.8. The Morgan fingerprint density at radius 3 is 1.88 bits per heavy atom. The molecule has 52 heavy (non-hydrogen) atoms. The summed E-state index contributed by atoms with van der Waals surface area (Å²) in [6, 6.07) is 61.1. The fourth-order valence-electron chi connectivity index (χ4n) is 8.74. The Morgan fingerprint density at radius 1 is 0.365 bits per heavy atom. The Bertz CT molecular complexity index is 3410. The molecule has 0 aliphatic rings. The van der Waals surface area contributed by atoms with Gasteiger partial charge in [0.1, 0.15) is 0 Å². The number of rotatable bonds is 3. The lowest BCUT2D eigenvalue weighted by molar-refractivity contribution is 1.02. The van der Waals surface area contributed by atoms with Gasteiger partial charge in [0.25, 0.3) is 0 Å². The highest BCUT2D eigenvalue weighted by molar-refractivity contribution is 6.34. The number of para-hydroxylation sites is 3. The van der Waals surface area contributed by atoms with Gasteiger partial charge < -0.3 is 4.40 Å². The van der Waals surface area contributed by atoms with Crippen molar-refractivity contribution in [3.63, 3.8) is 0 Å². The summed E-state index contributed by atoms with van der Waals surface area (Å²) < 4.78 is 4.78. The normalized spacial score (nSPS) is 12.2. The number of aromatic nitrogens is 4. The van der Waals surface area contributed by atoms with E-state index in [1.165, 1.54) is 70.8 Å². The number of fused-ring (bicyclic) bond motifs is 12. The van der Waals surface area contributed by atoms with E-state index in [-0.39, 0.29) is 0 Å². The summed E-state index contributed by atoms with van der Waals surface area (Å²) in [6.45, 7) is 0. The first-order chi connectivity index (χ1) is 25.8. The number of nitrogens with zero attached hydrogens (tertiary/aromatic N) is 4. The third-order valence-corrected chi connectivity index (χ3v) is 11.0. The van der Waals surface area contributed by atoms with Gasteiger partial charge in [0, 0.05) is 43.3 Å². The van der Waals surface area contributed by atoms with Gasteiger partial charge in [-0.15, -0.1) is 0 Å². The van der Waals surface area contributed by atoms with E-state index in [0.717, 1.165) is 33.2 Å². The Labute approximate surface area is 297 Å². The van der Waals surface area contributed by atoms with Crippen LogP contribution in [0, 0.1) is 0 Å². The molecule has 4 nitrogen and oxygen atoms in total. The standard InChI is InChI=1S/C48H28N4/c1-2-13-30(14-3-1)45-35-17-6-9-19-40(35)49-48(50-45)52-43-25-24-33(32-23-22-29-12-4-5-15-31(29)26-32)27-37(43)39-28-38-34-16-7-10-20-41(34)51-42-21-11-8-18-36(42)44(46(38)51)47(39)52/h1-28H. The zero-order valence-corrected chi connectivity index (χ0v) is 28.0. The molecule has 0 amide bonds. The number of hydrogen-bond donors (Lipinski definition) is 0. The van der Waals surface area contributed by atoms with Gasteiger partial charge in [-0.05, 0) is 64.4 Å². The van der Waals surface area contributed by atoms with Crippen LogP contribution in [0.2, 0.25) is 0 Å². The summed E-state index contributed by atoms with van der Waals surface area (Å²) in [6.07, 6.45) is 0. The highest BCUT2D eigenvalue weighted by Crippen LogP contribution is 2.47. The summed E-state index contributed by atoms with van der Waals surface area (Å²) in [5.74, 6) is 0.665. The van der Waals surface area contributed by atoms with Crippen LogP contribution in [0.5, 0.6) is 0 Å². The molecule has 240 valence electrons. The van der Waals surface area contributed by atoms with Crippen LogP contribution in [0.15, 0.2) is 170 Å². The Balaban J connectivity index is 1.28. The van der Waals surface area contributed by atoms with E-state index in [2.05, 4.69) is 179 Å². The predicted molar refractivity (Wildman–Crippen MR) is 217 cm³/mol. The molecule has 4 heteroatoms. The summed E-state index contributed by atoms with van der Waals surface area (Å²) in [5, 5.41) is 10.9. The van der Waals surface area contributed by atoms with Gasteiger partial charge in [-0.25, -0.2) is 9.97 Å². The van der Waals surface area contributed by atoms with Crippen LogP contribution in [0.3, 0.4) is 0 Å². The molecule has 12 aromatic rings. The third kappa shape index (κ3) is 3.70. The predicted octanol–water partition coefficient (Wildman–Crippen LogP) is 12.4. The minimum absolute atomic E-state index is 0.665. The van der Waals surface area contributed by atoms with Crippen LogP contribution in [0.4, 0.5) is 0 Å². The maximum atomic E-state index is 5.44. The SMILES string of the molecule is c1ccc(-c2nc(-n3c4ccc(-c5ccc6ccccc6c5)cc4c4cc5c6ccccc6n6c7ccccc7c(c43)c56)nc3ccccc23)cc1. The van der Waals surface area contributed by atoms with Gasteiger partial charge in [-0.1, -0.05) is 127 Å². The van der Waals surface area contributed by atoms with Gasteiger partial charge in [-0.2, -0.15) is 0 Å². The lowest BCUT2D eigenvalue weighted by Crippen LogP contribution is -2.03. The average molecular weight is 661 g/mol. The van der Waals surface area contributed by atoms with Crippen molar-refractivity contribution in [1.82, 2.24) is 18.9 Å². The molecular formula is C48H28N4. The molecular weight excluding hydrogens is 633 g/mol. The van der Waals surface area contributed by atoms with E-state index in [4.69, 9.17) is 9.97 Å². The van der Waals surface area contributed by atoms with Crippen LogP contribution in [0.25, 0.3) is 110 Å². The fourth-order valence-corrected chi connectivity index (χ4v) is 8.74. The van der Waals surface area contributed by atoms with Crippen LogP contribution < -0.4 is 0 Å². The highest BCUT2D eigenvalue weighted by atomic mass is 15.2. The lowest BCUT2D eigenvalue weighted by Gasteiger charge is -2.12. The van der Waals surface area contributed by atoms with Crippen molar-refractivity contribution >= 4 is 81.6 Å². The lowest BCUT2D eigenvalue weighted by atomic mass is 9.98. The fraction of sp³-hybridized carbons (Fsp3) is 0. The summed E-state index contributed by atoms with van der Waals surface area (Å²) in [7, 11) is 0. The summed E-state index contributed by atoms with van der Waals surface area (Å²) in [4.78, 5) is 10.8. The smallest absolute Gasteiger partial charge is 0.235 e.